The van der Waals surface area contributed by atoms with Crippen molar-refractivity contribution < 1.29 is 10.2 Å². The number of hydrogen-bond donors (Lipinski definition) is 3. The number of aliphatic hydroxyl groups is 1. The van der Waals surface area contributed by atoms with E-state index in [1.807, 2.05) is 11.4 Å². The molecule has 2 rings (SSSR count). The molecular formula is C9H9NO2S. The van der Waals surface area contributed by atoms with Gasteiger partial charge in [-0.1, -0.05) is 0 Å². The first kappa shape index (κ1) is 8.34. The molecule has 0 fully saturated rings. The molecule has 0 spiro atoms. The minimum Gasteiger partial charge on any atom is -0.505 e. The van der Waals surface area contributed by atoms with Crippen LogP contribution in [-0.4, -0.2) is 10.2 Å². The zero-order valence-corrected chi connectivity index (χ0v) is 7.64. The Morgan fingerprint density at radius 3 is 2.85 bits per heavy atom. The van der Waals surface area contributed by atoms with Crippen LogP contribution in [0.2, 0.25) is 0 Å². The molecule has 0 radical (unpaired) electrons. The number of thiophene rings is 1. The molecule has 0 aliphatic heterocycles. The zero-order valence-electron chi connectivity index (χ0n) is 6.82. The van der Waals surface area contributed by atoms with Gasteiger partial charge in [0, 0.05) is 10.1 Å². The summed E-state index contributed by atoms with van der Waals surface area (Å²) in [6, 6.07) is 3.50. The van der Waals surface area contributed by atoms with Crippen molar-refractivity contribution >= 4 is 27.1 Å². The standard InChI is InChI=1S/C9H9NO2S/c10-6-1-2-7-8(9(6)12)5(3-11)4-13-7/h1-2,4,11-12H,3,10H2. The Labute approximate surface area is 79.0 Å². The van der Waals surface area contributed by atoms with Gasteiger partial charge >= 0.3 is 0 Å². The number of nitrogens with two attached hydrogens (primary N) is 1. The number of hydrogen-bond acceptors (Lipinski definition) is 4. The summed E-state index contributed by atoms with van der Waals surface area (Å²) >= 11 is 1.49. The molecule has 13 heavy (non-hydrogen) atoms. The van der Waals surface area contributed by atoms with Crippen LogP contribution in [0.1, 0.15) is 5.56 Å². The van der Waals surface area contributed by atoms with Gasteiger partial charge in [-0.25, -0.2) is 0 Å². The van der Waals surface area contributed by atoms with E-state index in [0.717, 1.165) is 10.3 Å². The van der Waals surface area contributed by atoms with Crippen LogP contribution in [0.5, 0.6) is 5.75 Å². The molecule has 0 saturated heterocycles. The van der Waals surface area contributed by atoms with Crippen LogP contribution in [0.4, 0.5) is 5.69 Å². The van der Waals surface area contributed by atoms with Crippen LogP contribution in [-0.2, 0) is 6.61 Å². The predicted octanol–water partition coefficient (Wildman–Crippen LogP) is 1.68. The largest absolute Gasteiger partial charge is 0.505 e. The molecule has 1 aromatic carbocycles. The van der Waals surface area contributed by atoms with Gasteiger partial charge in [0.2, 0.25) is 0 Å². The first-order chi connectivity index (χ1) is 6.24. The summed E-state index contributed by atoms with van der Waals surface area (Å²) in [5, 5.41) is 21.1. The Kier molecular flexibility index (Phi) is 1.86. The second-order valence-corrected chi connectivity index (χ2v) is 3.71. The zero-order chi connectivity index (χ0) is 9.42. The lowest BCUT2D eigenvalue weighted by Crippen LogP contribution is -1.86. The minimum atomic E-state index is -0.0724. The maximum absolute atomic E-state index is 9.63. The number of aromatic hydroxyl groups is 1. The Morgan fingerprint density at radius 1 is 1.38 bits per heavy atom. The van der Waals surface area contributed by atoms with Crippen LogP contribution in [0, 0.1) is 0 Å². The number of rotatable bonds is 1. The molecule has 1 aromatic heterocycles. The highest BCUT2D eigenvalue weighted by Gasteiger charge is 2.09. The van der Waals surface area contributed by atoms with E-state index in [-0.39, 0.29) is 12.4 Å². The van der Waals surface area contributed by atoms with Crippen molar-refractivity contribution in [1.82, 2.24) is 0 Å². The maximum atomic E-state index is 9.63. The van der Waals surface area contributed by atoms with Gasteiger partial charge in [-0.2, -0.15) is 0 Å². The van der Waals surface area contributed by atoms with Gasteiger partial charge in [0.05, 0.1) is 12.3 Å². The smallest absolute Gasteiger partial charge is 0.147 e. The van der Waals surface area contributed by atoms with E-state index in [0.29, 0.717) is 11.1 Å². The van der Waals surface area contributed by atoms with E-state index in [1.165, 1.54) is 11.3 Å². The summed E-state index contributed by atoms with van der Waals surface area (Å²) in [5.74, 6) is 0.0720. The first-order valence-corrected chi connectivity index (χ1v) is 4.70. The number of phenols is 1. The minimum absolute atomic E-state index is 0.0720. The fourth-order valence-electron chi connectivity index (χ4n) is 1.31. The van der Waals surface area contributed by atoms with E-state index >= 15 is 0 Å². The van der Waals surface area contributed by atoms with Crippen molar-refractivity contribution in [3.63, 3.8) is 0 Å². The van der Waals surface area contributed by atoms with Gasteiger partial charge < -0.3 is 15.9 Å². The molecule has 68 valence electrons. The van der Waals surface area contributed by atoms with Crippen molar-refractivity contribution in [2.24, 2.45) is 0 Å². The molecule has 0 aliphatic rings. The van der Waals surface area contributed by atoms with Crippen LogP contribution in [0.15, 0.2) is 17.5 Å². The van der Waals surface area contributed by atoms with Crippen molar-refractivity contribution in [3.05, 3.63) is 23.1 Å². The lowest BCUT2D eigenvalue weighted by molar-refractivity contribution is 0.283. The highest BCUT2D eigenvalue weighted by molar-refractivity contribution is 7.17. The molecule has 0 amide bonds. The lowest BCUT2D eigenvalue weighted by Gasteiger charge is -2.01. The van der Waals surface area contributed by atoms with Crippen LogP contribution in [0.3, 0.4) is 0 Å². The third-order valence-electron chi connectivity index (χ3n) is 1.99. The van der Waals surface area contributed by atoms with Crippen LogP contribution in [0.25, 0.3) is 10.1 Å². The third kappa shape index (κ3) is 1.15. The number of nitrogen functional groups attached to an aromatic ring is 1. The van der Waals surface area contributed by atoms with E-state index in [4.69, 9.17) is 10.8 Å². The number of anilines is 1. The van der Waals surface area contributed by atoms with Gasteiger partial charge in [-0.15, -0.1) is 11.3 Å². The fraction of sp³-hybridized carbons (Fsp3) is 0.111. The topological polar surface area (TPSA) is 66.5 Å². The third-order valence-corrected chi connectivity index (χ3v) is 2.99. The van der Waals surface area contributed by atoms with Crippen LogP contribution < -0.4 is 5.73 Å². The normalized spacial score (nSPS) is 10.8. The molecule has 0 bridgehead atoms. The molecule has 4 heteroatoms. The molecule has 1 heterocycles. The Morgan fingerprint density at radius 2 is 2.15 bits per heavy atom. The second kappa shape index (κ2) is 2.90. The van der Waals surface area contributed by atoms with Crippen LogP contribution >= 0.6 is 11.3 Å². The van der Waals surface area contributed by atoms with E-state index < -0.39 is 0 Å². The average molecular weight is 195 g/mol. The van der Waals surface area contributed by atoms with E-state index in [2.05, 4.69) is 0 Å². The fourth-order valence-corrected chi connectivity index (χ4v) is 2.26. The van der Waals surface area contributed by atoms with Crippen molar-refractivity contribution in [1.29, 1.82) is 0 Å². The van der Waals surface area contributed by atoms with Crippen molar-refractivity contribution in [3.8, 4) is 5.75 Å². The summed E-state index contributed by atoms with van der Waals surface area (Å²) in [7, 11) is 0. The molecule has 2 aromatic rings. The van der Waals surface area contributed by atoms with Gasteiger partial charge in [-0.05, 0) is 23.1 Å². The molecule has 0 aliphatic carbocycles. The van der Waals surface area contributed by atoms with Gasteiger partial charge in [0.1, 0.15) is 5.75 Å². The summed E-state index contributed by atoms with van der Waals surface area (Å²) in [5.41, 5.74) is 6.62. The molecule has 3 nitrogen and oxygen atoms in total. The second-order valence-electron chi connectivity index (χ2n) is 2.80. The number of fused-ring (bicyclic) bond motifs is 1. The summed E-state index contributed by atoms with van der Waals surface area (Å²) in [4.78, 5) is 0. The monoisotopic (exact) mass is 195 g/mol. The lowest BCUT2D eigenvalue weighted by atomic mass is 10.1. The number of phenolic OH excluding ortho intramolecular Hbond substituents is 1. The van der Waals surface area contributed by atoms with Crippen molar-refractivity contribution in [2.45, 2.75) is 6.61 Å². The Balaban J connectivity index is 2.85. The quantitative estimate of drug-likeness (QED) is 0.479. The summed E-state index contributed by atoms with van der Waals surface area (Å²) in [6.45, 7) is -0.0724. The first-order valence-electron chi connectivity index (χ1n) is 3.82. The number of aliphatic hydroxyl groups excluding tert-OH is 1. The van der Waals surface area contributed by atoms with Gasteiger partial charge in [0.15, 0.2) is 0 Å². The SMILES string of the molecule is Nc1ccc2scc(CO)c2c1O. The molecule has 0 saturated carbocycles. The molecule has 4 N–H and O–H groups in total. The summed E-state index contributed by atoms with van der Waals surface area (Å²) < 4.78 is 0.941. The molecule has 0 atom stereocenters. The Bertz CT molecular complexity index is 450. The molecule has 0 unspecified atom stereocenters. The van der Waals surface area contributed by atoms with Gasteiger partial charge in [0.25, 0.3) is 0 Å². The average Bonchev–Trinajstić information content (AvgIpc) is 2.55. The predicted molar refractivity (Wildman–Crippen MR) is 53.8 cm³/mol. The summed E-state index contributed by atoms with van der Waals surface area (Å²) in [6.07, 6.45) is 0. The molecular weight excluding hydrogens is 186 g/mol. The van der Waals surface area contributed by atoms with Crippen molar-refractivity contribution in [2.75, 3.05) is 5.73 Å². The van der Waals surface area contributed by atoms with E-state index in [9.17, 15) is 5.11 Å². The Hall–Kier alpha value is -1.26. The highest BCUT2D eigenvalue weighted by Crippen LogP contribution is 2.36. The number of benzene rings is 1. The maximum Gasteiger partial charge on any atom is 0.147 e. The highest BCUT2D eigenvalue weighted by atomic mass is 32.1. The van der Waals surface area contributed by atoms with E-state index in [1.54, 1.807) is 6.07 Å². The van der Waals surface area contributed by atoms with Gasteiger partial charge in [-0.3, -0.25) is 0 Å².